The highest BCUT2D eigenvalue weighted by Crippen LogP contribution is 2.36. The van der Waals surface area contributed by atoms with Gasteiger partial charge in [0, 0.05) is 23.9 Å². The summed E-state index contributed by atoms with van der Waals surface area (Å²) in [5.41, 5.74) is 2.88. The Balaban J connectivity index is 2.35. The second-order valence-electron chi connectivity index (χ2n) is 5.64. The molecule has 21 heavy (non-hydrogen) atoms. The van der Waals surface area contributed by atoms with Gasteiger partial charge in [-0.05, 0) is 43.5 Å². The topological polar surface area (TPSA) is 24.9 Å². The van der Waals surface area contributed by atoms with Crippen molar-refractivity contribution < 1.29 is 0 Å². The molecule has 0 bridgehead atoms. The predicted octanol–water partition coefficient (Wildman–Crippen LogP) is 3.97. The van der Waals surface area contributed by atoms with E-state index < -0.39 is 0 Å². The summed E-state index contributed by atoms with van der Waals surface area (Å²) in [6.07, 6.45) is 7.06. The lowest BCUT2D eigenvalue weighted by atomic mass is 9.68. The van der Waals surface area contributed by atoms with Gasteiger partial charge >= 0.3 is 0 Å². The van der Waals surface area contributed by atoms with Crippen LogP contribution in [0.4, 0.5) is 0 Å². The maximum absolute atomic E-state index is 4.25. The number of likely N-dealkylation sites (N-methyl/N-ethyl adjacent to an activating group) is 1. The summed E-state index contributed by atoms with van der Waals surface area (Å²) >= 11 is 0. The minimum atomic E-state index is 0.159. The zero-order chi connectivity index (χ0) is 15.1. The van der Waals surface area contributed by atoms with Crippen LogP contribution < -0.4 is 5.32 Å². The number of rotatable bonds is 7. The molecule has 0 aliphatic carbocycles. The quantitative estimate of drug-likeness (QED) is 0.831. The van der Waals surface area contributed by atoms with Gasteiger partial charge in [0.15, 0.2) is 0 Å². The Hall–Kier alpha value is -1.67. The van der Waals surface area contributed by atoms with E-state index in [0.717, 1.165) is 19.3 Å². The van der Waals surface area contributed by atoms with E-state index in [1.807, 2.05) is 18.5 Å². The summed E-state index contributed by atoms with van der Waals surface area (Å²) in [5.74, 6) is 0. The minimum Gasteiger partial charge on any atom is -0.316 e. The molecule has 0 aliphatic rings. The summed E-state index contributed by atoms with van der Waals surface area (Å²) in [5, 5.41) is 3.56. The van der Waals surface area contributed by atoms with Crippen LogP contribution in [0.3, 0.4) is 0 Å². The molecule has 0 radical (unpaired) electrons. The summed E-state index contributed by atoms with van der Waals surface area (Å²) < 4.78 is 0. The van der Waals surface area contributed by atoms with Crippen molar-refractivity contribution in [2.24, 2.45) is 0 Å². The van der Waals surface area contributed by atoms with Crippen molar-refractivity contribution >= 4 is 0 Å². The molecule has 1 atom stereocenters. The molecule has 2 aromatic rings. The molecule has 0 spiro atoms. The fourth-order valence-corrected chi connectivity index (χ4v) is 3.45. The Morgan fingerprint density at radius 3 is 2.29 bits per heavy atom. The van der Waals surface area contributed by atoms with Gasteiger partial charge in [0.1, 0.15) is 0 Å². The van der Waals surface area contributed by atoms with Gasteiger partial charge in [-0.2, -0.15) is 0 Å². The zero-order valence-corrected chi connectivity index (χ0v) is 13.3. The van der Waals surface area contributed by atoms with E-state index in [9.17, 15) is 0 Å². The lowest BCUT2D eigenvalue weighted by Crippen LogP contribution is -2.48. The maximum atomic E-state index is 4.25. The molecule has 1 unspecified atom stereocenters. The lowest BCUT2D eigenvalue weighted by Gasteiger charge is -2.40. The summed E-state index contributed by atoms with van der Waals surface area (Å²) in [7, 11) is 2.07. The molecule has 0 saturated carbocycles. The molecule has 2 heteroatoms. The van der Waals surface area contributed by atoms with E-state index in [1.165, 1.54) is 11.1 Å². The van der Waals surface area contributed by atoms with Crippen LogP contribution in [0.25, 0.3) is 0 Å². The Morgan fingerprint density at radius 2 is 1.76 bits per heavy atom. The van der Waals surface area contributed by atoms with E-state index in [2.05, 4.69) is 67.6 Å². The lowest BCUT2D eigenvalue weighted by molar-refractivity contribution is 0.280. The Labute approximate surface area is 128 Å². The standard InChI is InChI=1S/C19H26N2/c1-4-19(5-2,17-11-7-6-8-12-17)18(20-3)14-16-10-9-13-21-15-16/h6-13,15,18,20H,4-5,14H2,1-3H3. The van der Waals surface area contributed by atoms with Gasteiger partial charge in [-0.3, -0.25) is 4.98 Å². The third kappa shape index (κ3) is 3.33. The molecule has 2 rings (SSSR count). The summed E-state index contributed by atoms with van der Waals surface area (Å²) in [6, 6.07) is 15.5. The van der Waals surface area contributed by atoms with Crippen molar-refractivity contribution in [2.45, 2.75) is 44.6 Å². The SMILES string of the molecule is CCC(CC)(c1ccccc1)C(Cc1cccnc1)NC. The molecule has 0 saturated heterocycles. The number of hydrogen-bond acceptors (Lipinski definition) is 2. The van der Waals surface area contributed by atoms with Gasteiger partial charge < -0.3 is 5.32 Å². The first-order valence-electron chi connectivity index (χ1n) is 7.88. The van der Waals surface area contributed by atoms with Crippen LogP contribution >= 0.6 is 0 Å². The van der Waals surface area contributed by atoms with E-state index in [0.29, 0.717) is 6.04 Å². The Morgan fingerprint density at radius 1 is 1.05 bits per heavy atom. The average Bonchev–Trinajstić information content (AvgIpc) is 2.57. The van der Waals surface area contributed by atoms with Gasteiger partial charge in [0.05, 0.1) is 0 Å². The molecule has 1 aromatic heterocycles. The second-order valence-corrected chi connectivity index (χ2v) is 5.64. The fourth-order valence-electron chi connectivity index (χ4n) is 3.45. The predicted molar refractivity (Wildman–Crippen MR) is 89.5 cm³/mol. The van der Waals surface area contributed by atoms with Crippen molar-refractivity contribution in [3.8, 4) is 0 Å². The van der Waals surface area contributed by atoms with Crippen molar-refractivity contribution in [1.82, 2.24) is 10.3 Å². The van der Waals surface area contributed by atoms with Crippen molar-refractivity contribution in [2.75, 3.05) is 7.05 Å². The van der Waals surface area contributed by atoms with E-state index in [1.54, 1.807) is 0 Å². The molecule has 1 heterocycles. The summed E-state index contributed by atoms with van der Waals surface area (Å²) in [4.78, 5) is 4.25. The monoisotopic (exact) mass is 282 g/mol. The molecular weight excluding hydrogens is 256 g/mol. The molecule has 0 amide bonds. The third-order valence-electron chi connectivity index (χ3n) is 4.79. The van der Waals surface area contributed by atoms with Crippen molar-refractivity contribution in [3.05, 3.63) is 66.0 Å². The van der Waals surface area contributed by atoms with Gasteiger partial charge in [-0.25, -0.2) is 0 Å². The highest BCUT2D eigenvalue weighted by Gasteiger charge is 2.36. The Bertz CT molecular complexity index is 518. The molecule has 0 aliphatic heterocycles. The first kappa shape index (κ1) is 15.7. The Kier molecular flexibility index (Phi) is 5.51. The van der Waals surface area contributed by atoms with Crippen molar-refractivity contribution in [1.29, 1.82) is 0 Å². The zero-order valence-electron chi connectivity index (χ0n) is 13.3. The highest BCUT2D eigenvalue weighted by atomic mass is 14.9. The van der Waals surface area contributed by atoms with Crippen LogP contribution in [0.1, 0.15) is 37.8 Å². The van der Waals surface area contributed by atoms with Crippen LogP contribution in [-0.2, 0) is 11.8 Å². The van der Waals surface area contributed by atoms with Crippen LogP contribution in [0, 0.1) is 0 Å². The van der Waals surface area contributed by atoms with E-state index in [-0.39, 0.29) is 5.41 Å². The summed E-state index contributed by atoms with van der Waals surface area (Å²) in [6.45, 7) is 4.59. The smallest absolute Gasteiger partial charge is 0.0300 e. The van der Waals surface area contributed by atoms with E-state index in [4.69, 9.17) is 0 Å². The fraction of sp³-hybridized carbons (Fsp3) is 0.421. The molecule has 2 nitrogen and oxygen atoms in total. The average molecular weight is 282 g/mol. The van der Waals surface area contributed by atoms with Crippen LogP contribution in [0.2, 0.25) is 0 Å². The maximum Gasteiger partial charge on any atom is 0.0300 e. The molecule has 1 aromatic carbocycles. The van der Waals surface area contributed by atoms with Crippen LogP contribution in [-0.4, -0.2) is 18.1 Å². The van der Waals surface area contributed by atoms with Gasteiger partial charge in [-0.15, -0.1) is 0 Å². The normalized spacial score (nSPS) is 13.1. The van der Waals surface area contributed by atoms with Crippen LogP contribution in [0.5, 0.6) is 0 Å². The number of nitrogens with zero attached hydrogens (tertiary/aromatic N) is 1. The molecular formula is C19H26N2. The third-order valence-corrected chi connectivity index (χ3v) is 4.79. The van der Waals surface area contributed by atoms with Crippen molar-refractivity contribution in [3.63, 3.8) is 0 Å². The number of nitrogens with one attached hydrogen (secondary N) is 1. The van der Waals surface area contributed by atoms with Gasteiger partial charge in [0.25, 0.3) is 0 Å². The number of aromatic nitrogens is 1. The van der Waals surface area contributed by atoms with Crippen LogP contribution in [0.15, 0.2) is 54.9 Å². The number of hydrogen-bond donors (Lipinski definition) is 1. The largest absolute Gasteiger partial charge is 0.316 e. The minimum absolute atomic E-state index is 0.159. The number of pyridine rings is 1. The highest BCUT2D eigenvalue weighted by molar-refractivity contribution is 5.29. The van der Waals surface area contributed by atoms with Gasteiger partial charge in [0.2, 0.25) is 0 Å². The second kappa shape index (κ2) is 7.37. The molecule has 0 fully saturated rings. The van der Waals surface area contributed by atoms with Gasteiger partial charge in [-0.1, -0.05) is 50.2 Å². The number of benzene rings is 1. The first-order chi connectivity index (χ1) is 10.3. The van der Waals surface area contributed by atoms with E-state index >= 15 is 0 Å². The first-order valence-corrected chi connectivity index (χ1v) is 7.88. The molecule has 112 valence electrons. The molecule has 1 N–H and O–H groups in total.